The Hall–Kier alpha value is -2.74. The number of carbonyl (C=O) groups is 1. The average Bonchev–Trinajstić information content (AvgIpc) is 3.15. The van der Waals surface area contributed by atoms with Gasteiger partial charge in [-0.25, -0.2) is 0 Å². The fraction of sp³-hybridized carbons (Fsp3) is 0.429. The number of aromatic amines is 2. The lowest BCUT2D eigenvalue weighted by atomic mass is 9.86. The van der Waals surface area contributed by atoms with E-state index in [1.54, 1.807) is 12.1 Å². The van der Waals surface area contributed by atoms with E-state index >= 15 is 0 Å². The summed E-state index contributed by atoms with van der Waals surface area (Å²) >= 11 is 5.29. The molecule has 4 rings (SSSR count). The maximum Gasteiger partial charge on any atom is 0.262 e. The summed E-state index contributed by atoms with van der Waals surface area (Å²) in [6, 6.07) is 9.11. The van der Waals surface area contributed by atoms with E-state index in [-0.39, 0.29) is 24.4 Å². The lowest BCUT2D eigenvalue weighted by molar-refractivity contribution is -0.116. The van der Waals surface area contributed by atoms with Gasteiger partial charge in [-0.3, -0.25) is 19.3 Å². The minimum absolute atomic E-state index is 0.139. The lowest BCUT2D eigenvalue weighted by Gasteiger charge is -2.20. The average molecular weight is 412 g/mol. The second-order valence-electron chi connectivity index (χ2n) is 7.72. The Morgan fingerprint density at radius 2 is 2.03 bits per heavy atom. The summed E-state index contributed by atoms with van der Waals surface area (Å²) in [7, 11) is 0. The number of anilines is 1. The van der Waals surface area contributed by atoms with Gasteiger partial charge in [-0.15, -0.1) is 0 Å². The van der Waals surface area contributed by atoms with Crippen molar-refractivity contribution in [2.24, 2.45) is 5.92 Å². The molecule has 2 aromatic heterocycles. The third-order valence-electron chi connectivity index (χ3n) is 5.58. The first kappa shape index (κ1) is 19.6. The number of H-pyrrole nitrogens is 2. The van der Waals surface area contributed by atoms with Crippen molar-refractivity contribution in [1.29, 1.82) is 0 Å². The highest BCUT2D eigenvalue weighted by Gasteiger charge is 2.16. The third kappa shape index (κ3) is 4.64. The number of amides is 1. The summed E-state index contributed by atoms with van der Waals surface area (Å²) in [5.41, 5.74) is 1.57. The zero-order chi connectivity index (χ0) is 20.2. The van der Waals surface area contributed by atoms with Gasteiger partial charge in [-0.2, -0.15) is 5.10 Å². The van der Waals surface area contributed by atoms with Gasteiger partial charge in [0, 0.05) is 24.7 Å². The van der Waals surface area contributed by atoms with Crippen LogP contribution in [0.1, 0.15) is 44.2 Å². The number of nitrogens with zero attached hydrogens (tertiary/aromatic N) is 2. The molecule has 0 bridgehead atoms. The number of rotatable bonds is 6. The molecule has 7 nitrogen and oxygen atoms in total. The smallest absolute Gasteiger partial charge is 0.262 e. The molecule has 0 spiro atoms. The van der Waals surface area contributed by atoms with E-state index in [4.69, 9.17) is 12.2 Å². The summed E-state index contributed by atoms with van der Waals surface area (Å²) in [6.07, 6.45) is 7.59. The zero-order valence-electron chi connectivity index (χ0n) is 16.2. The van der Waals surface area contributed by atoms with E-state index in [0.29, 0.717) is 27.4 Å². The Balaban J connectivity index is 1.36. The highest BCUT2D eigenvalue weighted by Crippen LogP contribution is 2.26. The number of para-hydroxylation sites is 1. The van der Waals surface area contributed by atoms with Gasteiger partial charge in [0.2, 0.25) is 5.91 Å². The second-order valence-corrected chi connectivity index (χ2v) is 8.10. The fourth-order valence-electron chi connectivity index (χ4n) is 4.05. The van der Waals surface area contributed by atoms with Crippen molar-refractivity contribution in [3.63, 3.8) is 0 Å². The minimum atomic E-state index is -0.199. The molecule has 1 saturated carbocycles. The Morgan fingerprint density at radius 3 is 2.86 bits per heavy atom. The van der Waals surface area contributed by atoms with Crippen molar-refractivity contribution in [2.75, 3.05) is 5.32 Å². The maximum absolute atomic E-state index is 12.6. The van der Waals surface area contributed by atoms with Gasteiger partial charge in [-0.05, 0) is 36.7 Å². The van der Waals surface area contributed by atoms with Crippen LogP contribution < -0.4 is 10.9 Å². The molecule has 0 radical (unpaired) electrons. The first-order valence-electron chi connectivity index (χ1n) is 10.2. The second kappa shape index (κ2) is 8.73. The van der Waals surface area contributed by atoms with Gasteiger partial charge in [0.15, 0.2) is 10.6 Å². The standard InChI is InChI=1S/C21H25N5O2S/c27-19(23-18-13-15(24-25-18)12-14-6-2-1-3-7-14)10-11-26-20(28)16-8-4-5-9-17(16)22-21(26)29/h4-5,8-9,13-14H,1-3,6-7,10-12H2,(H,22,29)(H2,23,24,25,27). The topological polar surface area (TPSA) is 95.6 Å². The van der Waals surface area contributed by atoms with E-state index < -0.39 is 0 Å². The minimum Gasteiger partial charge on any atom is -0.332 e. The molecule has 3 aromatic rings. The SMILES string of the molecule is O=C(CCn1c(=S)[nH]c2ccccc2c1=O)Nc1cc(CC2CCCCC2)[nH]n1. The number of hydrogen-bond donors (Lipinski definition) is 3. The van der Waals surface area contributed by atoms with Gasteiger partial charge >= 0.3 is 0 Å². The van der Waals surface area contributed by atoms with Crippen LogP contribution in [0.3, 0.4) is 0 Å². The Labute approximate surface area is 173 Å². The first-order valence-corrected chi connectivity index (χ1v) is 10.6. The Bertz CT molecular complexity index is 1120. The van der Waals surface area contributed by atoms with Crippen molar-refractivity contribution >= 4 is 34.8 Å². The summed E-state index contributed by atoms with van der Waals surface area (Å²) in [4.78, 5) is 28.0. The van der Waals surface area contributed by atoms with Gasteiger partial charge < -0.3 is 10.3 Å². The predicted molar refractivity (Wildman–Crippen MR) is 116 cm³/mol. The largest absolute Gasteiger partial charge is 0.332 e. The maximum atomic E-state index is 12.6. The predicted octanol–water partition coefficient (Wildman–Crippen LogP) is 3.93. The van der Waals surface area contributed by atoms with Crippen LogP contribution in [0.4, 0.5) is 5.82 Å². The summed E-state index contributed by atoms with van der Waals surface area (Å²) in [5.74, 6) is 1.03. The number of hydrogen-bond acceptors (Lipinski definition) is 4. The molecule has 0 aliphatic heterocycles. The van der Waals surface area contributed by atoms with Gasteiger partial charge in [0.25, 0.3) is 5.56 Å². The molecular formula is C21H25N5O2S. The number of aromatic nitrogens is 4. The summed E-state index contributed by atoms with van der Waals surface area (Å²) < 4.78 is 1.74. The molecule has 0 atom stereocenters. The molecule has 1 fully saturated rings. The van der Waals surface area contributed by atoms with Crippen molar-refractivity contribution in [3.8, 4) is 0 Å². The lowest BCUT2D eigenvalue weighted by Crippen LogP contribution is -2.25. The summed E-state index contributed by atoms with van der Waals surface area (Å²) in [5, 5.41) is 10.6. The molecule has 1 amide bonds. The van der Waals surface area contributed by atoms with E-state index in [1.165, 1.54) is 36.7 Å². The number of benzene rings is 1. The quantitative estimate of drug-likeness (QED) is 0.536. The molecule has 1 aliphatic carbocycles. The van der Waals surface area contributed by atoms with Crippen LogP contribution in [0.15, 0.2) is 35.1 Å². The van der Waals surface area contributed by atoms with Gasteiger partial charge in [-0.1, -0.05) is 44.2 Å². The van der Waals surface area contributed by atoms with Crippen LogP contribution >= 0.6 is 12.2 Å². The molecule has 1 aliphatic rings. The van der Waals surface area contributed by atoms with Crippen LogP contribution in [0, 0.1) is 10.7 Å². The molecule has 29 heavy (non-hydrogen) atoms. The fourth-order valence-corrected chi connectivity index (χ4v) is 4.34. The van der Waals surface area contributed by atoms with Crippen LogP contribution in [-0.2, 0) is 17.8 Å². The van der Waals surface area contributed by atoms with E-state index in [2.05, 4.69) is 20.5 Å². The summed E-state index contributed by atoms with van der Waals surface area (Å²) in [6.45, 7) is 0.212. The van der Waals surface area contributed by atoms with Gasteiger partial charge in [0.1, 0.15) is 0 Å². The molecule has 152 valence electrons. The van der Waals surface area contributed by atoms with Gasteiger partial charge in [0.05, 0.1) is 10.9 Å². The first-order chi connectivity index (χ1) is 14.1. The highest BCUT2D eigenvalue weighted by atomic mass is 32.1. The van der Waals surface area contributed by atoms with Crippen LogP contribution in [0.25, 0.3) is 10.9 Å². The van der Waals surface area contributed by atoms with Crippen LogP contribution in [0.2, 0.25) is 0 Å². The highest BCUT2D eigenvalue weighted by molar-refractivity contribution is 7.71. The number of carbonyl (C=O) groups excluding carboxylic acids is 1. The van der Waals surface area contributed by atoms with E-state index in [9.17, 15) is 9.59 Å². The monoisotopic (exact) mass is 411 g/mol. The van der Waals surface area contributed by atoms with Crippen molar-refractivity contribution in [2.45, 2.75) is 51.5 Å². The molecule has 0 unspecified atom stereocenters. The Morgan fingerprint density at radius 1 is 1.24 bits per heavy atom. The van der Waals surface area contributed by atoms with Crippen LogP contribution in [0.5, 0.6) is 0 Å². The molecular weight excluding hydrogens is 386 g/mol. The number of nitrogens with one attached hydrogen (secondary N) is 3. The van der Waals surface area contributed by atoms with Crippen molar-refractivity contribution in [3.05, 3.63) is 51.2 Å². The van der Waals surface area contributed by atoms with Crippen molar-refractivity contribution < 1.29 is 4.79 Å². The number of fused-ring (bicyclic) bond motifs is 1. The molecule has 8 heteroatoms. The molecule has 1 aromatic carbocycles. The molecule has 2 heterocycles. The van der Waals surface area contributed by atoms with E-state index in [1.807, 2.05) is 18.2 Å². The third-order valence-corrected chi connectivity index (χ3v) is 5.91. The van der Waals surface area contributed by atoms with Crippen LogP contribution in [-0.4, -0.2) is 25.7 Å². The Kier molecular flexibility index (Phi) is 5.89. The van der Waals surface area contributed by atoms with Crippen molar-refractivity contribution in [1.82, 2.24) is 19.7 Å². The normalized spacial score (nSPS) is 14.9. The zero-order valence-corrected chi connectivity index (χ0v) is 17.1. The molecule has 3 N–H and O–H groups in total. The molecule has 0 saturated heterocycles. The van der Waals surface area contributed by atoms with E-state index in [0.717, 1.165) is 12.1 Å².